The van der Waals surface area contributed by atoms with E-state index >= 15 is 0 Å². The zero-order chi connectivity index (χ0) is 12.0. The molecule has 0 bridgehead atoms. The van der Waals surface area contributed by atoms with Crippen molar-refractivity contribution in [3.63, 3.8) is 0 Å². The third-order valence-electron chi connectivity index (χ3n) is 2.60. The molecule has 0 aromatic heterocycles. The van der Waals surface area contributed by atoms with Crippen molar-refractivity contribution >= 4 is 0 Å². The molecular formula is C11H18KN3O2. The number of hydrogen-bond acceptors (Lipinski definition) is 4. The van der Waals surface area contributed by atoms with Crippen LogP contribution in [0.2, 0.25) is 0 Å². The van der Waals surface area contributed by atoms with E-state index in [0.29, 0.717) is 12.8 Å². The molecule has 0 fully saturated rings. The molecule has 90 valence electrons. The van der Waals surface area contributed by atoms with Crippen molar-refractivity contribution in [2.75, 3.05) is 13.1 Å². The number of nitro groups is 1. The molecule has 6 heteroatoms. The van der Waals surface area contributed by atoms with E-state index in [9.17, 15) is 10.1 Å². The van der Waals surface area contributed by atoms with Crippen molar-refractivity contribution in [2.45, 2.75) is 18.4 Å². The van der Waals surface area contributed by atoms with Gasteiger partial charge in [0.15, 0.2) is 0 Å². The Kier molecular flexibility index (Phi) is 8.39. The molecule has 1 atom stereocenters. The van der Waals surface area contributed by atoms with Crippen LogP contribution >= 0.6 is 0 Å². The van der Waals surface area contributed by atoms with Crippen LogP contribution in [0.25, 0.3) is 0 Å². The van der Waals surface area contributed by atoms with Gasteiger partial charge in [0.25, 0.3) is 0 Å². The summed E-state index contributed by atoms with van der Waals surface area (Å²) in [6.07, 6.45) is 0.865. The van der Waals surface area contributed by atoms with Crippen LogP contribution in [-0.2, 0) is 6.42 Å². The standard InChI is InChI=1S/C11H17N3O2.K.H/c12-9-11(13,6-7-14(15)16)8-10-4-2-1-3-5-10;;/h1-5H,6-9,12-13H2;;/q;+1;-1. The third kappa shape index (κ3) is 6.61. The summed E-state index contributed by atoms with van der Waals surface area (Å²) in [5, 5.41) is 10.3. The molecule has 0 radical (unpaired) electrons. The summed E-state index contributed by atoms with van der Waals surface area (Å²) in [5.74, 6) is 0. The van der Waals surface area contributed by atoms with Crippen LogP contribution in [0, 0.1) is 10.1 Å². The molecular weight excluding hydrogens is 245 g/mol. The van der Waals surface area contributed by atoms with E-state index in [-0.39, 0.29) is 70.8 Å². The summed E-state index contributed by atoms with van der Waals surface area (Å²) in [6.45, 7) is 0.107. The van der Waals surface area contributed by atoms with Gasteiger partial charge in [-0.15, -0.1) is 0 Å². The fourth-order valence-corrected chi connectivity index (χ4v) is 1.58. The van der Waals surface area contributed by atoms with Crippen LogP contribution in [0.15, 0.2) is 30.3 Å². The Balaban J connectivity index is 0. The monoisotopic (exact) mass is 263 g/mol. The van der Waals surface area contributed by atoms with Gasteiger partial charge in [0.05, 0.1) is 0 Å². The molecule has 0 spiro atoms. The maximum atomic E-state index is 10.3. The zero-order valence-electron chi connectivity index (χ0n) is 11.1. The largest absolute Gasteiger partial charge is 1.00 e. The molecule has 0 aliphatic rings. The van der Waals surface area contributed by atoms with E-state index in [4.69, 9.17) is 11.5 Å². The SMILES string of the molecule is NCC(N)(CC[N+](=O)[O-])Cc1ccccc1.[H-].[K+]. The molecule has 1 rings (SSSR count). The smallest absolute Gasteiger partial charge is 1.00 e. The number of nitrogens with zero attached hydrogens (tertiary/aromatic N) is 1. The van der Waals surface area contributed by atoms with Gasteiger partial charge in [-0.3, -0.25) is 10.1 Å². The Hall–Kier alpha value is 0.176. The van der Waals surface area contributed by atoms with Crippen molar-refractivity contribution in [2.24, 2.45) is 11.5 Å². The first-order valence-electron chi connectivity index (χ1n) is 5.20. The van der Waals surface area contributed by atoms with Crippen molar-refractivity contribution in [3.05, 3.63) is 46.0 Å². The molecule has 4 N–H and O–H groups in total. The molecule has 1 aromatic rings. The van der Waals surface area contributed by atoms with Crippen molar-refractivity contribution in [3.8, 4) is 0 Å². The van der Waals surface area contributed by atoms with Gasteiger partial charge >= 0.3 is 51.4 Å². The topological polar surface area (TPSA) is 95.2 Å². The molecule has 5 nitrogen and oxygen atoms in total. The molecule has 1 aromatic carbocycles. The van der Waals surface area contributed by atoms with Gasteiger partial charge in [0.2, 0.25) is 6.54 Å². The van der Waals surface area contributed by atoms with Gasteiger partial charge in [-0.25, -0.2) is 0 Å². The molecule has 0 amide bonds. The zero-order valence-corrected chi connectivity index (χ0v) is 13.3. The summed E-state index contributed by atoms with van der Waals surface area (Å²) < 4.78 is 0. The summed E-state index contributed by atoms with van der Waals surface area (Å²) >= 11 is 0. The maximum Gasteiger partial charge on any atom is 1.00 e. The van der Waals surface area contributed by atoms with Crippen molar-refractivity contribution < 1.29 is 57.7 Å². The summed E-state index contributed by atoms with van der Waals surface area (Å²) in [6, 6.07) is 9.65. The van der Waals surface area contributed by atoms with Gasteiger partial charge in [-0.05, 0) is 12.0 Å². The first kappa shape index (κ1) is 17.2. The molecule has 17 heavy (non-hydrogen) atoms. The molecule has 0 aliphatic heterocycles. The van der Waals surface area contributed by atoms with Gasteiger partial charge in [0.1, 0.15) is 0 Å². The molecule has 0 saturated heterocycles. The quantitative estimate of drug-likeness (QED) is 0.342. The average molecular weight is 263 g/mol. The number of hydrogen-bond donors (Lipinski definition) is 2. The van der Waals surface area contributed by atoms with Crippen LogP contribution < -0.4 is 62.9 Å². The molecule has 1 unspecified atom stereocenters. The van der Waals surface area contributed by atoms with Gasteiger partial charge in [-0.2, -0.15) is 0 Å². The van der Waals surface area contributed by atoms with E-state index in [1.165, 1.54) is 0 Å². The van der Waals surface area contributed by atoms with Gasteiger partial charge < -0.3 is 12.9 Å². The Morgan fingerprint density at radius 1 is 1.35 bits per heavy atom. The van der Waals surface area contributed by atoms with Crippen LogP contribution in [0.4, 0.5) is 0 Å². The van der Waals surface area contributed by atoms with E-state index in [0.717, 1.165) is 5.56 Å². The molecule has 0 heterocycles. The first-order chi connectivity index (χ1) is 7.56. The Morgan fingerprint density at radius 2 is 1.94 bits per heavy atom. The number of benzene rings is 1. The number of rotatable bonds is 6. The van der Waals surface area contributed by atoms with Gasteiger partial charge in [-0.1, -0.05) is 30.3 Å². The fourth-order valence-electron chi connectivity index (χ4n) is 1.58. The minimum atomic E-state index is -0.686. The van der Waals surface area contributed by atoms with Crippen LogP contribution in [0.3, 0.4) is 0 Å². The third-order valence-corrected chi connectivity index (χ3v) is 2.60. The summed E-state index contributed by atoms with van der Waals surface area (Å²) in [7, 11) is 0. The Bertz CT molecular complexity index is 353. The van der Waals surface area contributed by atoms with Crippen LogP contribution in [-0.4, -0.2) is 23.6 Å². The first-order valence-corrected chi connectivity index (χ1v) is 5.20. The normalized spacial score (nSPS) is 13.5. The minimum absolute atomic E-state index is 0. The Labute approximate surface area is 145 Å². The summed E-state index contributed by atoms with van der Waals surface area (Å²) in [4.78, 5) is 9.96. The van der Waals surface area contributed by atoms with Crippen molar-refractivity contribution in [1.82, 2.24) is 0 Å². The van der Waals surface area contributed by atoms with Gasteiger partial charge in [0, 0.05) is 23.4 Å². The minimum Gasteiger partial charge on any atom is -1.00 e. The second-order valence-corrected chi connectivity index (χ2v) is 4.04. The van der Waals surface area contributed by atoms with E-state index in [1.54, 1.807) is 0 Å². The van der Waals surface area contributed by atoms with E-state index in [2.05, 4.69) is 0 Å². The average Bonchev–Trinajstić information content (AvgIpc) is 2.28. The van der Waals surface area contributed by atoms with Crippen LogP contribution in [0.1, 0.15) is 13.4 Å². The second-order valence-electron chi connectivity index (χ2n) is 4.04. The second kappa shape index (κ2) is 8.31. The predicted molar refractivity (Wildman–Crippen MR) is 63.7 cm³/mol. The Morgan fingerprint density at radius 3 is 2.41 bits per heavy atom. The summed E-state index contributed by atoms with van der Waals surface area (Å²) in [5.41, 5.74) is 12.0. The fraction of sp³-hybridized carbons (Fsp3) is 0.455. The van der Waals surface area contributed by atoms with Crippen LogP contribution in [0.5, 0.6) is 0 Å². The van der Waals surface area contributed by atoms with E-state index < -0.39 is 5.54 Å². The molecule has 0 saturated carbocycles. The predicted octanol–water partition coefficient (Wildman–Crippen LogP) is -2.33. The maximum absolute atomic E-state index is 10.3. The molecule has 0 aliphatic carbocycles. The van der Waals surface area contributed by atoms with Crippen molar-refractivity contribution in [1.29, 1.82) is 0 Å². The van der Waals surface area contributed by atoms with E-state index in [1.807, 2.05) is 30.3 Å². The number of nitrogens with two attached hydrogens (primary N) is 2.